The minimum Gasteiger partial charge on any atom is -0.352 e. The van der Waals surface area contributed by atoms with E-state index in [2.05, 4.69) is 17.2 Å². The van der Waals surface area contributed by atoms with Crippen LogP contribution in [0.3, 0.4) is 0 Å². The molecule has 1 saturated carbocycles. The van der Waals surface area contributed by atoms with Crippen LogP contribution >= 0.6 is 0 Å². The Bertz CT molecular complexity index is 495. The Balaban J connectivity index is 1.93. The van der Waals surface area contributed by atoms with Gasteiger partial charge in [-0.05, 0) is 24.5 Å². The molecule has 0 bridgehead atoms. The standard InChI is InChI=1S/C16H20N2O/c17-11-4-8-14-7-1-2-9-15(14)16(19)18-12-10-13-5-3-6-13/h1-2,7,9,13H,3,5-6,10-12,17H2,(H,18,19). The van der Waals surface area contributed by atoms with Crippen LogP contribution in [0.5, 0.6) is 0 Å². The number of amides is 1. The van der Waals surface area contributed by atoms with Crippen molar-refractivity contribution in [1.29, 1.82) is 0 Å². The molecule has 0 atom stereocenters. The Morgan fingerprint density at radius 3 is 2.84 bits per heavy atom. The summed E-state index contributed by atoms with van der Waals surface area (Å²) in [7, 11) is 0. The molecule has 1 aliphatic rings. The highest BCUT2D eigenvalue weighted by Crippen LogP contribution is 2.28. The zero-order chi connectivity index (χ0) is 13.5. The lowest BCUT2D eigenvalue weighted by Crippen LogP contribution is -2.27. The van der Waals surface area contributed by atoms with E-state index < -0.39 is 0 Å². The highest BCUT2D eigenvalue weighted by Gasteiger charge is 2.17. The minimum absolute atomic E-state index is 0.0405. The first-order valence-electron chi connectivity index (χ1n) is 6.87. The molecular formula is C16H20N2O. The molecule has 3 heteroatoms. The largest absolute Gasteiger partial charge is 0.352 e. The molecule has 0 aromatic heterocycles. The molecule has 0 aliphatic heterocycles. The zero-order valence-electron chi connectivity index (χ0n) is 11.1. The maximum absolute atomic E-state index is 12.1. The van der Waals surface area contributed by atoms with Crippen molar-refractivity contribution in [3.63, 3.8) is 0 Å². The van der Waals surface area contributed by atoms with E-state index in [9.17, 15) is 4.79 Å². The average Bonchev–Trinajstić information content (AvgIpc) is 2.39. The molecule has 1 amide bonds. The zero-order valence-corrected chi connectivity index (χ0v) is 11.1. The minimum atomic E-state index is -0.0405. The van der Waals surface area contributed by atoms with Gasteiger partial charge in [-0.3, -0.25) is 4.79 Å². The van der Waals surface area contributed by atoms with E-state index in [1.54, 1.807) is 6.07 Å². The van der Waals surface area contributed by atoms with Crippen LogP contribution in [0.4, 0.5) is 0 Å². The van der Waals surface area contributed by atoms with E-state index in [-0.39, 0.29) is 5.91 Å². The summed E-state index contributed by atoms with van der Waals surface area (Å²) in [5, 5.41) is 2.98. The summed E-state index contributed by atoms with van der Waals surface area (Å²) in [4.78, 5) is 12.1. The second-order valence-electron chi connectivity index (χ2n) is 4.89. The number of benzene rings is 1. The number of carbonyl (C=O) groups is 1. The number of hydrogen-bond donors (Lipinski definition) is 2. The van der Waals surface area contributed by atoms with Crippen LogP contribution in [0.15, 0.2) is 24.3 Å². The van der Waals surface area contributed by atoms with Crippen LogP contribution in [0.25, 0.3) is 0 Å². The smallest absolute Gasteiger partial charge is 0.252 e. The van der Waals surface area contributed by atoms with Crippen LogP contribution < -0.4 is 11.1 Å². The Morgan fingerprint density at radius 1 is 1.37 bits per heavy atom. The first kappa shape index (κ1) is 13.6. The van der Waals surface area contributed by atoms with Gasteiger partial charge in [-0.1, -0.05) is 43.2 Å². The molecule has 0 radical (unpaired) electrons. The Kier molecular flexibility index (Phi) is 5.00. The SMILES string of the molecule is NCC#Cc1ccccc1C(=O)NCCC1CCC1. The molecule has 1 fully saturated rings. The third-order valence-electron chi connectivity index (χ3n) is 3.56. The van der Waals surface area contributed by atoms with E-state index in [0.29, 0.717) is 12.1 Å². The van der Waals surface area contributed by atoms with E-state index in [4.69, 9.17) is 5.73 Å². The van der Waals surface area contributed by atoms with Crippen molar-refractivity contribution in [2.45, 2.75) is 25.7 Å². The topological polar surface area (TPSA) is 55.1 Å². The Hall–Kier alpha value is -1.79. The van der Waals surface area contributed by atoms with Gasteiger partial charge in [0.15, 0.2) is 0 Å². The molecule has 100 valence electrons. The molecule has 0 saturated heterocycles. The summed E-state index contributed by atoms with van der Waals surface area (Å²) in [6, 6.07) is 7.39. The Labute approximate surface area is 114 Å². The van der Waals surface area contributed by atoms with Crippen molar-refractivity contribution in [2.75, 3.05) is 13.1 Å². The fourth-order valence-corrected chi connectivity index (χ4v) is 2.20. The lowest BCUT2D eigenvalue weighted by atomic mass is 9.83. The lowest BCUT2D eigenvalue weighted by Gasteiger charge is -2.25. The lowest BCUT2D eigenvalue weighted by molar-refractivity contribution is 0.0949. The van der Waals surface area contributed by atoms with Gasteiger partial charge >= 0.3 is 0 Å². The summed E-state index contributed by atoms with van der Waals surface area (Å²) in [5.41, 5.74) is 6.74. The molecule has 3 N–H and O–H groups in total. The van der Waals surface area contributed by atoms with Gasteiger partial charge in [0.25, 0.3) is 5.91 Å². The van der Waals surface area contributed by atoms with Crippen LogP contribution in [0.2, 0.25) is 0 Å². The van der Waals surface area contributed by atoms with Crippen LogP contribution in [0.1, 0.15) is 41.6 Å². The quantitative estimate of drug-likeness (QED) is 0.809. The van der Waals surface area contributed by atoms with Crippen LogP contribution in [-0.2, 0) is 0 Å². The first-order chi connectivity index (χ1) is 9.31. The second-order valence-corrected chi connectivity index (χ2v) is 4.89. The number of nitrogens with two attached hydrogens (primary N) is 1. The number of nitrogens with one attached hydrogen (secondary N) is 1. The highest BCUT2D eigenvalue weighted by atomic mass is 16.1. The van der Waals surface area contributed by atoms with E-state index >= 15 is 0 Å². The van der Waals surface area contributed by atoms with Crippen molar-refractivity contribution in [2.24, 2.45) is 11.7 Å². The molecule has 1 aromatic carbocycles. The highest BCUT2D eigenvalue weighted by molar-refractivity contribution is 5.96. The van der Waals surface area contributed by atoms with Gasteiger partial charge in [-0.25, -0.2) is 0 Å². The van der Waals surface area contributed by atoms with Crippen molar-refractivity contribution in [3.05, 3.63) is 35.4 Å². The van der Waals surface area contributed by atoms with Crippen molar-refractivity contribution < 1.29 is 4.79 Å². The average molecular weight is 256 g/mol. The van der Waals surface area contributed by atoms with Gasteiger partial charge < -0.3 is 11.1 Å². The second kappa shape index (κ2) is 6.96. The third kappa shape index (κ3) is 3.84. The van der Waals surface area contributed by atoms with Crippen LogP contribution in [0, 0.1) is 17.8 Å². The summed E-state index contributed by atoms with van der Waals surface area (Å²) in [6.07, 6.45) is 5.06. The van der Waals surface area contributed by atoms with Crippen molar-refractivity contribution in [1.82, 2.24) is 5.32 Å². The normalized spacial score (nSPS) is 14.2. The molecule has 3 nitrogen and oxygen atoms in total. The molecule has 1 aromatic rings. The molecule has 0 spiro atoms. The van der Waals surface area contributed by atoms with E-state index in [1.807, 2.05) is 18.2 Å². The van der Waals surface area contributed by atoms with Crippen LogP contribution in [-0.4, -0.2) is 19.0 Å². The molecular weight excluding hydrogens is 236 g/mol. The molecule has 1 aliphatic carbocycles. The summed E-state index contributed by atoms with van der Waals surface area (Å²) in [6.45, 7) is 1.06. The molecule has 0 unspecified atom stereocenters. The number of carbonyl (C=O) groups excluding carboxylic acids is 1. The maximum atomic E-state index is 12.1. The maximum Gasteiger partial charge on any atom is 0.252 e. The fourth-order valence-electron chi connectivity index (χ4n) is 2.20. The number of hydrogen-bond acceptors (Lipinski definition) is 2. The van der Waals surface area contributed by atoms with Gasteiger partial charge in [-0.15, -0.1) is 0 Å². The van der Waals surface area contributed by atoms with Gasteiger partial charge in [0.1, 0.15) is 0 Å². The summed E-state index contributed by atoms with van der Waals surface area (Å²) in [5.74, 6) is 6.50. The van der Waals surface area contributed by atoms with Crippen molar-refractivity contribution in [3.8, 4) is 11.8 Å². The molecule has 2 rings (SSSR count). The Morgan fingerprint density at radius 2 is 2.16 bits per heavy atom. The summed E-state index contributed by atoms with van der Waals surface area (Å²) < 4.78 is 0. The monoisotopic (exact) mass is 256 g/mol. The predicted octanol–water partition coefficient (Wildman–Crippen LogP) is 1.92. The van der Waals surface area contributed by atoms with Crippen molar-refractivity contribution >= 4 is 5.91 Å². The summed E-state index contributed by atoms with van der Waals surface area (Å²) >= 11 is 0. The van der Waals surface area contributed by atoms with E-state index in [0.717, 1.165) is 24.4 Å². The number of rotatable bonds is 4. The molecule has 19 heavy (non-hydrogen) atoms. The fraction of sp³-hybridized carbons (Fsp3) is 0.438. The van der Waals surface area contributed by atoms with Gasteiger partial charge in [0.2, 0.25) is 0 Å². The third-order valence-corrected chi connectivity index (χ3v) is 3.56. The van der Waals surface area contributed by atoms with E-state index in [1.165, 1.54) is 19.3 Å². The predicted molar refractivity (Wildman–Crippen MR) is 76.7 cm³/mol. The molecule has 0 heterocycles. The van der Waals surface area contributed by atoms with Gasteiger partial charge in [-0.2, -0.15) is 0 Å². The van der Waals surface area contributed by atoms with Gasteiger partial charge in [0, 0.05) is 12.1 Å². The van der Waals surface area contributed by atoms with Gasteiger partial charge in [0.05, 0.1) is 12.1 Å². The first-order valence-corrected chi connectivity index (χ1v) is 6.87.